The van der Waals surface area contributed by atoms with Crippen molar-refractivity contribution in [2.24, 2.45) is 0 Å². The van der Waals surface area contributed by atoms with Crippen LogP contribution in [0.4, 0.5) is 0 Å². The summed E-state index contributed by atoms with van der Waals surface area (Å²) in [7, 11) is 0. The lowest BCUT2D eigenvalue weighted by Gasteiger charge is -2.26. The number of morpholine rings is 1. The summed E-state index contributed by atoms with van der Waals surface area (Å²) in [5, 5.41) is 6.27. The van der Waals surface area contributed by atoms with Crippen molar-refractivity contribution in [1.82, 2.24) is 10.6 Å². The van der Waals surface area contributed by atoms with Crippen molar-refractivity contribution in [3.63, 3.8) is 0 Å². The molecular weight excluding hydrogens is 364 g/mol. The zero-order chi connectivity index (χ0) is 18.4. The van der Waals surface area contributed by atoms with Crippen LogP contribution in [-0.2, 0) is 9.53 Å². The first-order valence-corrected chi connectivity index (χ1v) is 9.02. The van der Waals surface area contributed by atoms with Gasteiger partial charge in [0.05, 0.1) is 12.6 Å². The van der Waals surface area contributed by atoms with E-state index in [4.69, 9.17) is 9.47 Å². The molecule has 1 aliphatic rings. The predicted octanol–water partition coefficient (Wildman–Crippen LogP) is 2.95. The fourth-order valence-corrected chi connectivity index (χ4v) is 3.10. The SMILES string of the molecule is Cc1cccc(C)c1OCC(NC(=O)C1CNCCO1)c1ccccc1.Cl. The Balaban J connectivity index is 0.00000261. The summed E-state index contributed by atoms with van der Waals surface area (Å²) < 4.78 is 11.7. The van der Waals surface area contributed by atoms with E-state index in [1.165, 1.54) is 0 Å². The Morgan fingerprint density at radius 2 is 1.89 bits per heavy atom. The highest BCUT2D eigenvalue weighted by Gasteiger charge is 2.25. The molecule has 2 N–H and O–H groups in total. The lowest BCUT2D eigenvalue weighted by molar-refractivity contribution is -0.135. The molecule has 146 valence electrons. The second-order valence-electron chi connectivity index (χ2n) is 6.57. The van der Waals surface area contributed by atoms with Gasteiger partial charge in [0.15, 0.2) is 0 Å². The van der Waals surface area contributed by atoms with Crippen LogP contribution >= 0.6 is 12.4 Å². The van der Waals surface area contributed by atoms with Gasteiger partial charge < -0.3 is 20.1 Å². The molecule has 0 bridgehead atoms. The van der Waals surface area contributed by atoms with E-state index in [2.05, 4.69) is 10.6 Å². The maximum absolute atomic E-state index is 12.6. The monoisotopic (exact) mass is 390 g/mol. The normalized spacial score (nSPS) is 17.5. The zero-order valence-electron chi connectivity index (χ0n) is 15.7. The van der Waals surface area contributed by atoms with E-state index in [9.17, 15) is 4.79 Å². The molecule has 2 aromatic carbocycles. The van der Waals surface area contributed by atoms with Crippen LogP contribution in [0.1, 0.15) is 22.7 Å². The number of amides is 1. The molecule has 0 aliphatic carbocycles. The first-order valence-electron chi connectivity index (χ1n) is 9.02. The van der Waals surface area contributed by atoms with Crippen LogP contribution < -0.4 is 15.4 Å². The van der Waals surface area contributed by atoms with Crippen molar-refractivity contribution in [3.05, 3.63) is 65.2 Å². The van der Waals surface area contributed by atoms with Gasteiger partial charge in [-0.1, -0.05) is 48.5 Å². The zero-order valence-corrected chi connectivity index (χ0v) is 16.6. The first-order chi connectivity index (χ1) is 12.6. The molecule has 0 saturated carbocycles. The van der Waals surface area contributed by atoms with E-state index in [1.807, 2.05) is 62.4 Å². The summed E-state index contributed by atoms with van der Waals surface area (Å²) in [6, 6.07) is 15.7. The van der Waals surface area contributed by atoms with Gasteiger partial charge in [0.2, 0.25) is 0 Å². The summed E-state index contributed by atoms with van der Waals surface area (Å²) in [5.74, 6) is 0.759. The van der Waals surface area contributed by atoms with Crippen LogP contribution in [0.5, 0.6) is 5.75 Å². The van der Waals surface area contributed by atoms with Crippen molar-refractivity contribution in [3.8, 4) is 5.75 Å². The molecule has 0 radical (unpaired) electrons. The van der Waals surface area contributed by atoms with Gasteiger partial charge >= 0.3 is 0 Å². The molecule has 2 unspecified atom stereocenters. The maximum Gasteiger partial charge on any atom is 0.251 e. The van der Waals surface area contributed by atoms with E-state index < -0.39 is 6.10 Å². The van der Waals surface area contributed by atoms with Crippen LogP contribution in [0.3, 0.4) is 0 Å². The predicted molar refractivity (Wildman–Crippen MR) is 109 cm³/mol. The molecule has 1 saturated heterocycles. The number of halogens is 1. The molecule has 27 heavy (non-hydrogen) atoms. The number of ether oxygens (including phenoxy) is 2. The third kappa shape index (κ3) is 5.70. The smallest absolute Gasteiger partial charge is 0.251 e. The van der Waals surface area contributed by atoms with Gasteiger partial charge in [-0.05, 0) is 30.5 Å². The molecule has 1 aliphatic heterocycles. The third-order valence-corrected chi connectivity index (χ3v) is 4.54. The Bertz CT molecular complexity index is 713. The molecule has 1 amide bonds. The Morgan fingerprint density at radius 3 is 2.52 bits per heavy atom. The minimum absolute atomic E-state index is 0. The van der Waals surface area contributed by atoms with Crippen LogP contribution in [0.2, 0.25) is 0 Å². The van der Waals surface area contributed by atoms with Crippen molar-refractivity contribution >= 4 is 18.3 Å². The number of benzene rings is 2. The van der Waals surface area contributed by atoms with Crippen LogP contribution in [-0.4, -0.2) is 38.3 Å². The molecule has 3 rings (SSSR count). The average Bonchev–Trinajstić information content (AvgIpc) is 2.68. The highest BCUT2D eigenvalue weighted by Crippen LogP contribution is 2.24. The standard InChI is InChI=1S/C21H26N2O3.ClH/c1-15-7-6-8-16(2)20(15)26-14-18(17-9-4-3-5-10-17)23-21(24)19-13-22-11-12-25-19;/h3-10,18-19,22H,11-14H2,1-2H3,(H,23,24);1H. The number of aryl methyl sites for hydroxylation is 2. The van der Waals surface area contributed by atoms with Gasteiger partial charge in [0, 0.05) is 13.1 Å². The Morgan fingerprint density at radius 1 is 1.19 bits per heavy atom. The van der Waals surface area contributed by atoms with Gasteiger partial charge in [0.1, 0.15) is 18.5 Å². The largest absolute Gasteiger partial charge is 0.491 e. The number of nitrogens with one attached hydrogen (secondary N) is 2. The topological polar surface area (TPSA) is 59.6 Å². The Hall–Kier alpha value is -2.08. The summed E-state index contributed by atoms with van der Waals surface area (Å²) >= 11 is 0. The van der Waals surface area contributed by atoms with Crippen LogP contribution in [0, 0.1) is 13.8 Å². The van der Waals surface area contributed by atoms with Crippen molar-refractivity contribution in [1.29, 1.82) is 0 Å². The first kappa shape index (κ1) is 21.2. The highest BCUT2D eigenvalue weighted by molar-refractivity contribution is 5.85. The van der Waals surface area contributed by atoms with E-state index in [1.54, 1.807) is 0 Å². The Kier molecular flexibility index (Phi) is 8.10. The number of carbonyl (C=O) groups is 1. The fourth-order valence-electron chi connectivity index (χ4n) is 3.10. The summed E-state index contributed by atoms with van der Waals surface area (Å²) in [6.07, 6.45) is -0.463. The average molecular weight is 391 g/mol. The number of hydrogen-bond acceptors (Lipinski definition) is 4. The van der Waals surface area contributed by atoms with Crippen molar-refractivity contribution in [2.75, 3.05) is 26.3 Å². The molecule has 2 aromatic rings. The molecule has 0 spiro atoms. The number of hydrogen-bond donors (Lipinski definition) is 2. The van der Waals surface area contributed by atoms with E-state index >= 15 is 0 Å². The molecular formula is C21H27ClN2O3. The van der Waals surface area contributed by atoms with Gasteiger partial charge in [-0.15, -0.1) is 12.4 Å². The molecule has 1 fully saturated rings. The van der Waals surface area contributed by atoms with Crippen LogP contribution in [0.15, 0.2) is 48.5 Å². The van der Waals surface area contributed by atoms with E-state index in [0.29, 0.717) is 19.8 Å². The van der Waals surface area contributed by atoms with Crippen LogP contribution in [0.25, 0.3) is 0 Å². The van der Waals surface area contributed by atoms with Gasteiger partial charge in [-0.25, -0.2) is 0 Å². The van der Waals surface area contributed by atoms with Gasteiger partial charge in [-0.2, -0.15) is 0 Å². The molecule has 5 nitrogen and oxygen atoms in total. The molecule has 0 aromatic heterocycles. The third-order valence-electron chi connectivity index (χ3n) is 4.54. The summed E-state index contributed by atoms with van der Waals surface area (Å²) in [6.45, 7) is 6.28. The summed E-state index contributed by atoms with van der Waals surface area (Å²) in [5.41, 5.74) is 3.18. The minimum atomic E-state index is -0.463. The highest BCUT2D eigenvalue weighted by atomic mass is 35.5. The lowest BCUT2D eigenvalue weighted by atomic mass is 10.1. The van der Waals surface area contributed by atoms with Crippen molar-refractivity contribution < 1.29 is 14.3 Å². The van der Waals surface area contributed by atoms with Crippen molar-refractivity contribution in [2.45, 2.75) is 26.0 Å². The van der Waals surface area contributed by atoms with Gasteiger partial charge in [-0.3, -0.25) is 4.79 Å². The quantitative estimate of drug-likeness (QED) is 0.796. The second kappa shape index (κ2) is 10.3. The number of rotatable bonds is 6. The summed E-state index contributed by atoms with van der Waals surface area (Å²) in [4.78, 5) is 12.6. The fraction of sp³-hybridized carbons (Fsp3) is 0.381. The number of carbonyl (C=O) groups excluding carboxylic acids is 1. The number of para-hydroxylation sites is 1. The van der Waals surface area contributed by atoms with E-state index in [0.717, 1.165) is 29.0 Å². The van der Waals surface area contributed by atoms with E-state index in [-0.39, 0.29) is 24.4 Å². The molecule has 2 atom stereocenters. The molecule has 1 heterocycles. The Labute approximate surface area is 166 Å². The molecule has 6 heteroatoms. The van der Waals surface area contributed by atoms with Gasteiger partial charge in [0.25, 0.3) is 5.91 Å². The second-order valence-corrected chi connectivity index (χ2v) is 6.57. The lowest BCUT2D eigenvalue weighted by Crippen LogP contribution is -2.49. The maximum atomic E-state index is 12.6. The minimum Gasteiger partial charge on any atom is -0.491 e.